The molecule has 0 aliphatic carbocycles. The molecule has 0 saturated heterocycles. The minimum Gasteiger partial charge on any atom is -0.409 e. The predicted octanol–water partition coefficient (Wildman–Crippen LogP) is 0.388. The molecule has 100 valence electrons. The molecule has 0 saturated carbocycles. The number of oxime groups is 1. The standard InChI is InChI=1S/C11H16FN3O2S/c1-18(17)5-4-14-7-8-2-3-9(12)6-10(8)11(13)15-16/h2-3,6,14,16H,4-5,7H2,1H3,(H2,13,15). The van der Waals surface area contributed by atoms with Gasteiger partial charge < -0.3 is 16.3 Å². The molecule has 0 radical (unpaired) electrons. The van der Waals surface area contributed by atoms with Crippen molar-refractivity contribution in [2.75, 3.05) is 18.6 Å². The minimum absolute atomic E-state index is 0.134. The van der Waals surface area contributed by atoms with Crippen molar-refractivity contribution < 1.29 is 13.8 Å². The Morgan fingerprint density at radius 2 is 2.33 bits per heavy atom. The van der Waals surface area contributed by atoms with Gasteiger partial charge in [-0.15, -0.1) is 0 Å². The predicted molar refractivity (Wildman–Crippen MR) is 69.6 cm³/mol. The molecule has 0 fully saturated rings. The van der Waals surface area contributed by atoms with E-state index in [4.69, 9.17) is 10.9 Å². The molecule has 0 spiro atoms. The Balaban J connectivity index is 2.73. The average molecular weight is 273 g/mol. The zero-order valence-corrected chi connectivity index (χ0v) is 10.8. The Morgan fingerprint density at radius 1 is 1.61 bits per heavy atom. The number of benzene rings is 1. The maximum absolute atomic E-state index is 13.1. The fourth-order valence-electron chi connectivity index (χ4n) is 1.43. The molecule has 0 heterocycles. The summed E-state index contributed by atoms with van der Waals surface area (Å²) in [6.45, 7) is 1.01. The van der Waals surface area contributed by atoms with Crippen LogP contribution in [0.2, 0.25) is 0 Å². The van der Waals surface area contributed by atoms with Crippen LogP contribution in [0.5, 0.6) is 0 Å². The summed E-state index contributed by atoms with van der Waals surface area (Å²) in [5.41, 5.74) is 6.54. The lowest BCUT2D eigenvalue weighted by Gasteiger charge is -2.09. The third-order valence-corrected chi connectivity index (χ3v) is 3.12. The first kappa shape index (κ1) is 14.6. The second-order valence-electron chi connectivity index (χ2n) is 3.74. The minimum atomic E-state index is -0.854. The van der Waals surface area contributed by atoms with Crippen LogP contribution < -0.4 is 11.1 Å². The Labute approximate surface area is 107 Å². The largest absolute Gasteiger partial charge is 0.409 e. The van der Waals surface area contributed by atoms with Gasteiger partial charge in [-0.2, -0.15) is 0 Å². The summed E-state index contributed by atoms with van der Waals surface area (Å²) in [6.07, 6.45) is 1.63. The fraction of sp³-hybridized carbons (Fsp3) is 0.364. The number of nitrogens with one attached hydrogen (secondary N) is 1. The van der Waals surface area contributed by atoms with Crippen LogP contribution in [0.1, 0.15) is 11.1 Å². The molecule has 0 aromatic heterocycles. The van der Waals surface area contributed by atoms with Crippen LogP contribution in [0, 0.1) is 5.82 Å². The highest BCUT2D eigenvalue weighted by Gasteiger charge is 2.08. The Bertz CT molecular complexity index is 466. The van der Waals surface area contributed by atoms with E-state index in [-0.39, 0.29) is 5.84 Å². The van der Waals surface area contributed by atoms with Crippen molar-refractivity contribution in [2.24, 2.45) is 10.9 Å². The molecule has 1 aromatic carbocycles. The van der Waals surface area contributed by atoms with Gasteiger partial charge in [-0.3, -0.25) is 4.21 Å². The molecule has 1 unspecified atom stereocenters. The smallest absolute Gasteiger partial charge is 0.170 e. The third-order valence-electron chi connectivity index (χ3n) is 2.34. The summed E-state index contributed by atoms with van der Waals surface area (Å²) in [7, 11) is -0.854. The molecule has 0 aliphatic rings. The van der Waals surface area contributed by atoms with Gasteiger partial charge in [0.25, 0.3) is 0 Å². The first-order valence-electron chi connectivity index (χ1n) is 5.31. The topological polar surface area (TPSA) is 87.7 Å². The van der Waals surface area contributed by atoms with Gasteiger partial charge in [0.05, 0.1) is 0 Å². The number of hydrogen-bond donors (Lipinski definition) is 3. The van der Waals surface area contributed by atoms with Crippen LogP contribution in [0.15, 0.2) is 23.4 Å². The van der Waals surface area contributed by atoms with Gasteiger partial charge >= 0.3 is 0 Å². The molecule has 18 heavy (non-hydrogen) atoms. The van der Waals surface area contributed by atoms with Crippen molar-refractivity contribution in [1.82, 2.24) is 5.32 Å². The monoisotopic (exact) mass is 273 g/mol. The number of nitrogens with two attached hydrogens (primary N) is 1. The summed E-state index contributed by atoms with van der Waals surface area (Å²) >= 11 is 0. The van der Waals surface area contributed by atoms with E-state index in [1.165, 1.54) is 12.1 Å². The lowest BCUT2D eigenvalue weighted by molar-refractivity contribution is 0.318. The molecule has 0 aliphatic heterocycles. The second-order valence-corrected chi connectivity index (χ2v) is 5.30. The molecule has 1 aromatic rings. The number of hydrogen-bond acceptors (Lipinski definition) is 4. The maximum Gasteiger partial charge on any atom is 0.170 e. The molecule has 1 atom stereocenters. The van der Waals surface area contributed by atoms with E-state index in [0.29, 0.717) is 30.0 Å². The van der Waals surface area contributed by atoms with Gasteiger partial charge in [-0.05, 0) is 17.7 Å². The molecular weight excluding hydrogens is 257 g/mol. The van der Waals surface area contributed by atoms with Crippen molar-refractivity contribution in [2.45, 2.75) is 6.54 Å². The average Bonchev–Trinajstić information content (AvgIpc) is 2.34. The van der Waals surface area contributed by atoms with E-state index >= 15 is 0 Å². The Morgan fingerprint density at radius 3 is 2.94 bits per heavy atom. The van der Waals surface area contributed by atoms with Crippen LogP contribution in [-0.4, -0.2) is 33.8 Å². The Kier molecular flexibility index (Phi) is 5.73. The highest BCUT2D eigenvalue weighted by atomic mass is 32.2. The Hall–Kier alpha value is -1.47. The molecular formula is C11H16FN3O2S. The van der Waals surface area contributed by atoms with Crippen molar-refractivity contribution >= 4 is 16.6 Å². The lowest BCUT2D eigenvalue weighted by Crippen LogP contribution is -2.23. The third kappa shape index (κ3) is 4.42. The van der Waals surface area contributed by atoms with E-state index in [9.17, 15) is 8.60 Å². The highest BCUT2D eigenvalue weighted by Crippen LogP contribution is 2.11. The summed E-state index contributed by atoms with van der Waals surface area (Å²) in [4.78, 5) is 0. The normalized spacial score (nSPS) is 13.6. The zero-order valence-electron chi connectivity index (χ0n) is 10.0. The van der Waals surface area contributed by atoms with E-state index in [2.05, 4.69) is 10.5 Å². The van der Waals surface area contributed by atoms with Gasteiger partial charge in [0.2, 0.25) is 0 Å². The van der Waals surface area contributed by atoms with Crippen LogP contribution in [0.3, 0.4) is 0 Å². The van der Waals surface area contributed by atoms with Gasteiger partial charge in [-0.1, -0.05) is 11.2 Å². The van der Waals surface area contributed by atoms with E-state index in [1.54, 1.807) is 12.3 Å². The van der Waals surface area contributed by atoms with Crippen molar-refractivity contribution in [3.8, 4) is 0 Å². The summed E-state index contributed by atoms with van der Waals surface area (Å²) < 4.78 is 24.0. The van der Waals surface area contributed by atoms with Crippen molar-refractivity contribution in [1.29, 1.82) is 0 Å². The van der Waals surface area contributed by atoms with Crippen molar-refractivity contribution in [3.63, 3.8) is 0 Å². The number of nitrogens with zero attached hydrogens (tertiary/aromatic N) is 1. The van der Waals surface area contributed by atoms with Gasteiger partial charge in [0.15, 0.2) is 5.84 Å². The fourth-order valence-corrected chi connectivity index (χ4v) is 1.87. The summed E-state index contributed by atoms with van der Waals surface area (Å²) in [5.74, 6) is -0.0412. The van der Waals surface area contributed by atoms with E-state index in [0.717, 1.165) is 0 Å². The SMILES string of the molecule is CS(=O)CCNCc1ccc(F)cc1/C(N)=N/O. The summed E-state index contributed by atoms with van der Waals surface area (Å²) in [6, 6.07) is 4.09. The molecule has 1 rings (SSSR count). The maximum atomic E-state index is 13.1. The number of rotatable bonds is 6. The van der Waals surface area contributed by atoms with Crippen LogP contribution >= 0.6 is 0 Å². The zero-order chi connectivity index (χ0) is 13.5. The molecule has 7 heteroatoms. The molecule has 0 amide bonds. The van der Waals surface area contributed by atoms with Gasteiger partial charge in [-0.25, -0.2) is 4.39 Å². The molecule has 5 nitrogen and oxygen atoms in total. The van der Waals surface area contributed by atoms with Crippen LogP contribution in [0.4, 0.5) is 4.39 Å². The van der Waals surface area contributed by atoms with Crippen LogP contribution in [-0.2, 0) is 17.3 Å². The molecule has 0 bridgehead atoms. The van der Waals surface area contributed by atoms with Crippen LogP contribution in [0.25, 0.3) is 0 Å². The van der Waals surface area contributed by atoms with Crippen molar-refractivity contribution in [3.05, 3.63) is 35.1 Å². The highest BCUT2D eigenvalue weighted by molar-refractivity contribution is 7.84. The second kappa shape index (κ2) is 7.07. The first-order valence-corrected chi connectivity index (χ1v) is 7.04. The summed E-state index contributed by atoms with van der Waals surface area (Å²) in [5, 5.41) is 14.6. The number of amidine groups is 1. The lowest BCUT2D eigenvalue weighted by atomic mass is 10.1. The van der Waals surface area contributed by atoms with E-state index in [1.807, 2.05) is 0 Å². The van der Waals surface area contributed by atoms with Gasteiger partial charge in [0.1, 0.15) is 5.82 Å². The first-order chi connectivity index (χ1) is 8.54. The quantitative estimate of drug-likeness (QED) is 0.230. The number of halogens is 1. The molecule has 4 N–H and O–H groups in total. The van der Waals surface area contributed by atoms with Gasteiger partial charge in [0, 0.05) is 41.5 Å². The van der Waals surface area contributed by atoms with E-state index < -0.39 is 16.6 Å².